The van der Waals surface area contributed by atoms with Crippen LogP contribution >= 0.6 is 22.7 Å². The Labute approximate surface area is 93.6 Å². The van der Waals surface area contributed by atoms with Gasteiger partial charge in [0.25, 0.3) is 0 Å². The van der Waals surface area contributed by atoms with E-state index < -0.39 is 0 Å². The van der Waals surface area contributed by atoms with Gasteiger partial charge in [0, 0.05) is 20.5 Å². The van der Waals surface area contributed by atoms with Gasteiger partial charge in [-0.05, 0) is 23.6 Å². The van der Waals surface area contributed by atoms with Gasteiger partial charge in [0.05, 0.1) is 0 Å². The zero-order valence-corrected chi connectivity index (χ0v) is 9.13. The molecule has 3 rings (SSSR count). The fraction of sp³-hybridized carbons (Fsp3) is 0. The SMILES string of the molecule is c1csc(-c2ccc(-c3nnn[n-]3)s2)c1. The molecule has 3 aromatic heterocycles. The molecule has 0 saturated carbocycles. The predicted molar refractivity (Wildman–Crippen MR) is 59.8 cm³/mol. The first kappa shape index (κ1) is 8.75. The van der Waals surface area contributed by atoms with Gasteiger partial charge >= 0.3 is 0 Å². The quantitative estimate of drug-likeness (QED) is 0.681. The van der Waals surface area contributed by atoms with Gasteiger partial charge < -0.3 is 5.10 Å². The minimum absolute atomic E-state index is 0.600. The highest BCUT2D eigenvalue weighted by atomic mass is 32.1. The van der Waals surface area contributed by atoms with Gasteiger partial charge in [-0.25, -0.2) is 0 Å². The van der Waals surface area contributed by atoms with E-state index in [0.29, 0.717) is 5.82 Å². The number of aromatic nitrogens is 4. The fourth-order valence-corrected chi connectivity index (χ4v) is 3.02. The molecule has 0 unspecified atom stereocenters. The van der Waals surface area contributed by atoms with Crippen LogP contribution in [0, 0.1) is 0 Å². The van der Waals surface area contributed by atoms with Gasteiger partial charge in [0.2, 0.25) is 0 Å². The smallest absolute Gasteiger partial charge is 0.0497 e. The third kappa shape index (κ3) is 1.57. The van der Waals surface area contributed by atoms with Crippen LogP contribution in [-0.4, -0.2) is 15.5 Å². The largest absolute Gasteiger partial charge is 0.330 e. The Morgan fingerprint density at radius 1 is 1.07 bits per heavy atom. The summed E-state index contributed by atoms with van der Waals surface area (Å²) in [6, 6.07) is 8.21. The highest BCUT2D eigenvalue weighted by Crippen LogP contribution is 2.34. The average Bonchev–Trinajstić information content (AvgIpc) is 3.02. The van der Waals surface area contributed by atoms with Crippen LogP contribution < -0.4 is 5.10 Å². The van der Waals surface area contributed by atoms with Gasteiger partial charge in [-0.2, -0.15) is 5.21 Å². The number of hydrogen-bond donors (Lipinski definition) is 0. The van der Waals surface area contributed by atoms with Crippen molar-refractivity contribution in [2.24, 2.45) is 0 Å². The summed E-state index contributed by atoms with van der Waals surface area (Å²) in [5.74, 6) is 0.600. The lowest BCUT2D eigenvalue weighted by molar-refractivity contribution is 0.871. The summed E-state index contributed by atoms with van der Waals surface area (Å²) in [7, 11) is 0. The molecule has 0 atom stereocenters. The molecule has 0 spiro atoms. The van der Waals surface area contributed by atoms with Gasteiger partial charge in [0.15, 0.2) is 0 Å². The molecule has 0 fully saturated rings. The minimum atomic E-state index is 0.600. The third-order valence-corrected chi connectivity index (χ3v) is 4.06. The molecule has 0 amide bonds. The van der Waals surface area contributed by atoms with Crippen molar-refractivity contribution < 1.29 is 0 Å². The van der Waals surface area contributed by atoms with E-state index in [1.54, 1.807) is 22.7 Å². The molecule has 0 aromatic carbocycles. The van der Waals surface area contributed by atoms with Crippen molar-refractivity contribution >= 4 is 22.7 Å². The molecular formula is C9H5N4S2-. The predicted octanol–water partition coefficient (Wildman–Crippen LogP) is 2.29. The summed E-state index contributed by atoms with van der Waals surface area (Å²) in [4.78, 5) is 3.49. The first-order chi connectivity index (χ1) is 7.43. The first-order valence-corrected chi connectivity index (χ1v) is 5.96. The molecular weight excluding hydrogens is 228 g/mol. The zero-order valence-electron chi connectivity index (χ0n) is 7.49. The molecule has 0 saturated heterocycles. The van der Waals surface area contributed by atoms with E-state index in [-0.39, 0.29) is 0 Å². The van der Waals surface area contributed by atoms with Gasteiger partial charge in [-0.3, -0.25) is 10.3 Å². The van der Waals surface area contributed by atoms with Gasteiger partial charge in [-0.15, -0.1) is 22.7 Å². The maximum atomic E-state index is 3.82. The molecule has 0 bridgehead atoms. The van der Waals surface area contributed by atoms with Crippen molar-refractivity contribution in [3.63, 3.8) is 0 Å². The highest BCUT2D eigenvalue weighted by Gasteiger charge is 2.04. The minimum Gasteiger partial charge on any atom is -0.330 e. The molecule has 0 aliphatic heterocycles. The summed E-state index contributed by atoms with van der Waals surface area (Å²) < 4.78 is 0. The molecule has 3 aromatic rings. The van der Waals surface area contributed by atoms with Crippen LogP contribution in [0.25, 0.3) is 20.5 Å². The lowest BCUT2D eigenvalue weighted by Gasteiger charge is -1.92. The van der Waals surface area contributed by atoms with E-state index in [9.17, 15) is 0 Å². The monoisotopic (exact) mass is 233 g/mol. The Balaban J connectivity index is 2.02. The van der Waals surface area contributed by atoms with Crippen LogP contribution in [0.4, 0.5) is 0 Å². The molecule has 6 heteroatoms. The van der Waals surface area contributed by atoms with Crippen LogP contribution in [0.1, 0.15) is 0 Å². The highest BCUT2D eigenvalue weighted by molar-refractivity contribution is 7.23. The maximum Gasteiger partial charge on any atom is 0.0497 e. The lowest BCUT2D eigenvalue weighted by atomic mass is 10.3. The molecule has 0 radical (unpaired) electrons. The van der Waals surface area contributed by atoms with E-state index in [0.717, 1.165) is 4.88 Å². The number of nitrogens with zero attached hydrogens (tertiary/aromatic N) is 4. The fourth-order valence-electron chi connectivity index (χ4n) is 1.25. The molecule has 3 heterocycles. The topological polar surface area (TPSA) is 52.8 Å². The number of tetrazole rings is 1. The van der Waals surface area contributed by atoms with Crippen molar-refractivity contribution in [1.82, 2.24) is 20.6 Å². The van der Waals surface area contributed by atoms with Crippen molar-refractivity contribution in [3.8, 4) is 20.5 Å². The molecule has 0 aliphatic carbocycles. The second kappa shape index (κ2) is 3.56. The normalized spacial score (nSPS) is 10.7. The van der Waals surface area contributed by atoms with Crippen molar-refractivity contribution in [1.29, 1.82) is 0 Å². The Morgan fingerprint density at radius 2 is 2.00 bits per heavy atom. The van der Waals surface area contributed by atoms with E-state index in [1.807, 2.05) is 12.1 Å². The summed E-state index contributed by atoms with van der Waals surface area (Å²) >= 11 is 3.38. The maximum absolute atomic E-state index is 3.82. The Hall–Kier alpha value is -1.53. The van der Waals surface area contributed by atoms with Crippen molar-refractivity contribution in [2.45, 2.75) is 0 Å². The molecule has 0 aliphatic rings. The third-order valence-electron chi connectivity index (χ3n) is 1.91. The average molecular weight is 233 g/mol. The van der Waals surface area contributed by atoms with Crippen LogP contribution in [0.5, 0.6) is 0 Å². The second-order valence-corrected chi connectivity index (χ2v) is 4.88. The van der Waals surface area contributed by atoms with Crippen LogP contribution in [-0.2, 0) is 0 Å². The van der Waals surface area contributed by atoms with Crippen LogP contribution in [0.15, 0.2) is 29.6 Å². The number of rotatable bonds is 2. The van der Waals surface area contributed by atoms with Crippen molar-refractivity contribution in [2.75, 3.05) is 0 Å². The van der Waals surface area contributed by atoms with Crippen LogP contribution in [0.3, 0.4) is 0 Å². The summed E-state index contributed by atoms with van der Waals surface area (Å²) in [5.41, 5.74) is 0. The van der Waals surface area contributed by atoms with Crippen LogP contribution in [0.2, 0.25) is 0 Å². The van der Waals surface area contributed by atoms with E-state index in [1.165, 1.54) is 9.75 Å². The molecule has 15 heavy (non-hydrogen) atoms. The van der Waals surface area contributed by atoms with E-state index in [4.69, 9.17) is 0 Å². The summed E-state index contributed by atoms with van der Waals surface area (Å²) in [6.45, 7) is 0. The van der Waals surface area contributed by atoms with E-state index >= 15 is 0 Å². The number of hydrogen-bond acceptors (Lipinski definition) is 5. The lowest BCUT2D eigenvalue weighted by Crippen LogP contribution is -1.76. The molecule has 4 nitrogen and oxygen atoms in total. The molecule has 0 N–H and O–H groups in total. The Kier molecular flexibility index (Phi) is 2.08. The van der Waals surface area contributed by atoms with Gasteiger partial charge in [-0.1, -0.05) is 6.07 Å². The van der Waals surface area contributed by atoms with Gasteiger partial charge in [0.1, 0.15) is 0 Å². The summed E-state index contributed by atoms with van der Waals surface area (Å²) in [5, 5.41) is 16.6. The van der Waals surface area contributed by atoms with E-state index in [2.05, 4.69) is 38.1 Å². The Bertz CT molecular complexity index is 490. The first-order valence-electron chi connectivity index (χ1n) is 4.26. The molecule has 74 valence electrons. The summed E-state index contributed by atoms with van der Waals surface area (Å²) in [6.07, 6.45) is 0. The van der Waals surface area contributed by atoms with Crippen molar-refractivity contribution in [3.05, 3.63) is 29.6 Å². The Morgan fingerprint density at radius 3 is 2.73 bits per heavy atom. The number of thiophene rings is 2. The zero-order chi connectivity index (χ0) is 10.1. The standard InChI is InChI=1S/C9H5N4S2/c1-2-6(14-5-1)7-3-4-8(15-7)9-10-12-13-11-9/h1-5H/q-1. The second-order valence-electron chi connectivity index (χ2n) is 2.84.